The fourth-order valence-corrected chi connectivity index (χ4v) is 2.38. The van der Waals surface area contributed by atoms with Gasteiger partial charge in [-0.05, 0) is 31.9 Å². The van der Waals surface area contributed by atoms with E-state index >= 15 is 0 Å². The maximum absolute atomic E-state index is 12.3. The van der Waals surface area contributed by atoms with Crippen LogP contribution in [0.15, 0.2) is 18.3 Å². The molecule has 0 aromatic carbocycles. The van der Waals surface area contributed by atoms with Crippen LogP contribution in [-0.4, -0.2) is 35.1 Å². The molecular weight excluding hydrogens is 302 g/mol. The van der Waals surface area contributed by atoms with Gasteiger partial charge in [-0.2, -0.15) is 0 Å². The van der Waals surface area contributed by atoms with Gasteiger partial charge in [-0.25, -0.2) is 4.98 Å². The monoisotopic (exact) mass is 323 g/mol. The number of nitrogens with zero attached hydrogens (tertiary/aromatic N) is 2. The first-order chi connectivity index (χ1) is 10.6. The molecule has 0 saturated carbocycles. The van der Waals surface area contributed by atoms with E-state index in [0.717, 1.165) is 31.5 Å². The summed E-state index contributed by atoms with van der Waals surface area (Å²) in [4.78, 5) is 16.7. The number of pyridine rings is 1. The molecule has 0 radical (unpaired) electrons. The van der Waals surface area contributed by atoms with Crippen LogP contribution >= 0.6 is 11.6 Å². The van der Waals surface area contributed by atoms with Crippen LogP contribution in [0.5, 0.6) is 0 Å². The van der Waals surface area contributed by atoms with Crippen molar-refractivity contribution in [1.29, 1.82) is 0 Å². The third kappa shape index (κ3) is 4.21. The lowest BCUT2D eigenvalue weighted by molar-refractivity contribution is 0.0934. The van der Waals surface area contributed by atoms with Crippen LogP contribution in [0.3, 0.4) is 0 Å². The van der Waals surface area contributed by atoms with E-state index in [4.69, 9.17) is 16.3 Å². The Hall–Kier alpha value is -1.59. The van der Waals surface area contributed by atoms with Gasteiger partial charge in [-0.15, -0.1) is 0 Å². The number of aromatic nitrogens is 2. The second kappa shape index (κ2) is 8.15. The molecule has 2 aromatic rings. The Bertz CT molecular complexity index is 640. The summed E-state index contributed by atoms with van der Waals surface area (Å²) in [6, 6.07) is 3.56. The van der Waals surface area contributed by atoms with E-state index < -0.39 is 0 Å². The number of fused-ring (bicyclic) bond motifs is 1. The predicted molar refractivity (Wildman–Crippen MR) is 87.6 cm³/mol. The number of unbranched alkanes of at least 4 members (excludes halogenated alkanes) is 1. The number of aryl methyl sites for hydroxylation is 1. The first kappa shape index (κ1) is 16.8. The maximum atomic E-state index is 12.3. The van der Waals surface area contributed by atoms with Crippen molar-refractivity contribution in [1.82, 2.24) is 14.7 Å². The number of carbonyl (C=O) groups is 1. The summed E-state index contributed by atoms with van der Waals surface area (Å²) in [6.45, 7) is 5.99. The molecule has 2 aromatic heterocycles. The largest absolute Gasteiger partial charge is 0.381 e. The highest BCUT2D eigenvalue weighted by atomic mass is 35.5. The van der Waals surface area contributed by atoms with Gasteiger partial charge in [0.2, 0.25) is 0 Å². The van der Waals surface area contributed by atoms with Crippen LogP contribution in [0.25, 0.3) is 5.65 Å². The minimum absolute atomic E-state index is 0.138. The summed E-state index contributed by atoms with van der Waals surface area (Å²) in [7, 11) is 0. The van der Waals surface area contributed by atoms with E-state index in [1.165, 1.54) is 0 Å². The van der Waals surface area contributed by atoms with E-state index in [9.17, 15) is 4.79 Å². The van der Waals surface area contributed by atoms with E-state index in [1.54, 1.807) is 22.7 Å². The van der Waals surface area contributed by atoms with Crippen molar-refractivity contribution in [3.8, 4) is 0 Å². The van der Waals surface area contributed by atoms with Gasteiger partial charge >= 0.3 is 0 Å². The fraction of sp³-hybridized carbons (Fsp3) is 0.500. The molecule has 0 aliphatic carbocycles. The Morgan fingerprint density at radius 2 is 2.14 bits per heavy atom. The second-order valence-corrected chi connectivity index (χ2v) is 5.63. The number of amides is 1. The molecule has 0 bridgehead atoms. The third-order valence-corrected chi connectivity index (χ3v) is 3.59. The van der Waals surface area contributed by atoms with Gasteiger partial charge in [0.1, 0.15) is 11.3 Å². The van der Waals surface area contributed by atoms with Crippen molar-refractivity contribution in [2.24, 2.45) is 0 Å². The minimum atomic E-state index is -0.138. The zero-order valence-electron chi connectivity index (χ0n) is 13.1. The molecule has 2 heterocycles. The fourth-order valence-electron chi connectivity index (χ4n) is 2.22. The standard InChI is InChI=1S/C16H22ClN3O2/c1-3-4-9-22-10-5-8-18-16(21)15-12(2)19-14-7-6-13(17)11-20(14)15/h6-7,11H,3-5,8-10H2,1-2H3,(H,18,21). The highest BCUT2D eigenvalue weighted by Crippen LogP contribution is 2.16. The number of nitrogens with one attached hydrogen (secondary N) is 1. The van der Waals surface area contributed by atoms with E-state index in [-0.39, 0.29) is 5.91 Å². The molecule has 0 fully saturated rings. The lowest BCUT2D eigenvalue weighted by Gasteiger charge is -2.07. The summed E-state index contributed by atoms with van der Waals surface area (Å²) in [5.41, 5.74) is 1.94. The Morgan fingerprint density at radius 3 is 2.91 bits per heavy atom. The molecule has 0 unspecified atom stereocenters. The molecule has 0 atom stereocenters. The molecule has 2 rings (SSSR count). The minimum Gasteiger partial charge on any atom is -0.381 e. The number of imidazole rings is 1. The third-order valence-electron chi connectivity index (χ3n) is 3.37. The highest BCUT2D eigenvalue weighted by Gasteiger charge is 2.16. The average molecular weight is 324 g/mol. The van der Waals surface area contributed by atoms with Crippen LogP contribution in [0.1, 0.15) is 42.4 Å². The number of halogens is 1. The van der Waals surface area contributed by atoms with Gasteiger partial charge in [-0.1, -0.05) is 24.9 Å². The zero-order chi connectivity index (χ0) is 15.9. The van der Waals surface area contributed by atoms with Crippen molar-refractivity contribution >= 4 is 23.2 Å². The number of carbonyl (C=O) groups excluding carboxylic acids is 1. The molecule has 0 spiro atoms. The van der Waals surface area contributed by atoms with Gasteiger partial charge in [0.25, 0.3) is 5.91 Å². The summed E-state index contributed by atoms with van der Waals surface area (Å²) < 4.78 is 7.20. The molecule has 22 heavy (non-hydrogen) atoms. The van der Waals surface area contributed by atoms with E-state index in [0.29, 0.717) is 29.6 Å². The highest BCUT2D eigenvalue weighted by molar-refractivity contribution is 6.30. The van der Waals surface area contributed by atoms with Gasteiger partial charge in [0.05, 0.1) is 10.7 Å². The molecule has 0 saturated heterocycles. The molecule has 120 valence electrons. The van der Waals surface area contributed by atoms with Gasteiger partial charge < -0.3 is 10.1 Å². The number of rotatable bonds is 8. The van der Waals surface area contributed by atoms with Crippen LogP contribution < -0.4 is 5.32 Å². The Kier molecular flexibility index (Phi) is 6.21. The molecule has 5 nitrogen and oxygen atoms in total. The lowest BCUT2D eigenvalue weighted by Crippen LogP contribution is -2.27. The van der Waals surface area contributed by atoms with Crippen LogP contribution in [0.4, 0.5) is 0 Å². The topological polar surface area (TPSA) is 55.6 Å². The van der Waals surface area contributed by atoms with Gasteiger partial charge in [0, 0.05) is 26.0 Å². The van der Waals surface area contributed by atoms with Crippen LogP contribution in [0.2, 0.25) is 5.02 Å². The maximum Gasteiger partial charge on any atom is 0.270 e. The van der Waals surface area contributed by atoms with Crippen LogP contribution in [-0.2, 0) is 4.74 Å². The molecule has 0 aliphatic heterocycles. The van der Waals surface area contributed by atoms with E-state index in [1.807, 2.05) is 6.92 Å². The first-order valence-electron chi connectivity index (χ1n) is 7.63. The summed E-state index contributed by atoms with van der Waals surface area (Å²) in [5.74, 6) is -0.138. The summed E-state index contributed by atoms with van der Waals surface area (Å²) in [5, 5.41) is 3.48. The first-order valence-corrected chi connectivity index (χ1v) is 8.01. The van der Waals surface area contributed by atoms with Crippen molar-refractivity contribution in [2.75, 3.05) is 19.8 Å². The van der Waals surface area contributed by atoms with Crippen molar-refractivity contribution in [3.05, 3.63) is 34.7 Å². The number of ether oxygens (including phenoxy) is 1. The van der Waals surface area contributed by atoms with Gasteiger partial charge in [0.15, 0.2) is 0 Å². The molecule has 1 amide bonds. The van der Waals surface area contributed by atoms with Crippen molar-refractivity contribution in [3.63, 3.8) is 0 Å². The normalized spacial score (nSPS) is 11.0. The quantitative estimate of drug-likeness (QED) is 0.759. The summed E-state index contributed by atoms with van der Waals surface area (Å²) >= 11 is 5.99. The SMILES string of the molecule is CCCCOCCCNC(=O)c1c(C)nc2ccc(Cl)cn12. The van der Waals surface area contributed by atoms with E-state index in [2.05, 4.69) is 17.2 Å². The average Bonchev–Trinajstić information content (AvgIpc) is 2.81. The Labute approximate surface area is 135 Å². The van der Waals surface area contributed by atoms with Gasteiger partial charge in [-0.3, -0.25) is 9.20 Å². The molecule has 6 heteroatoms. The lowest BCUT2D eigenvalue weighted by atomic mass is 10.3. The molecule has 0 aliphatic rings. The molecular formula is C16H22ClN3O2. The predicted octanol–water partition coefficient (Wildman–Crippen LogP) is 3.23. The number of hydrogen-bond donors (Lipinski definition) is 1. The molecule has 1 N–H and O–H groups in total. The van der Waals surface area contributed by atoms with Crippen molar-refractivity contribution in [2.45, 2.75) is 33.1 Å². The second-order valence-electron chi connectivity index (χ2n) is 5.20. The Balaban J connectivity index is 1.90. The number of hydrogen-bond acceptors (Lipinski definition) is 3. The smallest absolute Gasteiger partial charge is 0.270 e. The summed E-state index contributed by atoms with van der Waals surface area (Å²) in [6.07, 6.45) is 4.71. The Morgan fingerprint density at radius 1 is 1.36 bits per heavy atom. The van der Waals surface area contributed by atoms with Crippen LogP contribution in [0, 0.1) is 6.92 Å². The van der Waals surface area contributed by atoms with Crippen molar-refractivity contribution < 1.29 is 9.53 Å². The zero-order valence-corrected chi connectivity index (χ0v) is 13.8.